The van der Waals surface area contributed by atoms with E-state index in [2.05, 4.69) is 11.2 Å². The molecular weight excluding hydrogens is 402 g/mol. The molecule has 5 nitrogen and oxygen atoms in total. The third kappa shape index (κ3) is 5.29. The zero-order chi connectivity index (χ0) is 23.1. The van der Waals surface area contributed by atoms with Gasteiger partial charge >= 0.3 is 0 Å². The summed E-state index contributed by atoms with van der Waals surface area (Å²) in [5, 5.41) is 3.03. The molecule has 3 aromatic carbocycles. The summed E-state index contributed by atoms with van der Waals surface area (Å²) in [5.41, 5.74) is 5.26. The topological polar surface area (TPSA) is 56.8 Å². The molecule has 0 aliphatic heterocycles. The summed E-state index contributed by atoms with van der Waals surface area (Å²) in [6.45, 7) is 3.99. The highest BCUT2D eigenvalue weighted by Gasteiger charge is 2.23. The van der Waals surface area contributed by atoms with Crippen LogP contribution in [0, 0.1) is 26.2 Å². The number of hydrogen-bond acceptors (Lipinski definition) is 4. The lowest BCUT2D eigenvalue weighted by atomic mass is 10.0. The average Bonchev–Trinajstić information content (AvgIpc) is 2.80. The first kappa shape index (κ1) is 22.9. The third-order valence-electron chi connectivity index (χ3n) is 5.08. The molecule has 164 valence electrons. The van der Waals surface area contributed by atoms with Crippen molar-refractivity contribution in [2.24, 2.45) is 0 Å². The molecular formula is C27H27NO4. The molecule has 0 saturated carbocycles. The van der Waals surface area contributed by atoms with Crippen molar-refractivity contribution in [2.45, 2.75) is 20.0 Å². The van der Waals surface area contributed by atoms with Crippen molar-refractivity contribution in [1.82, 2.24) is 0 Å². The van der Waals surface area contributed by atoms with Gasteiger partial charge in [0.15, 0.2) is 17.6 Å². The lowest BCUT2D eigenvalue weighted by molar-refractivity contribution is -0.126. The number of benzene rings is 3. The van der Waals surface area contributed by atoms with E-state index in [-0.39, 0.29) is 12.5 Å². The summed E-state index contributed by atoms with van der Waals surface area (Å²) in [7, 11) is 3.19. The van der Waals surface area contributed by atoms with Gasteiger partial charge in [0.05, 0.1) is 14.2 Å². The molecule has 0 heterocycles. The second kappa shape index (κ2) is 10.5. The number of carbonyl (C=O) groups is 1. The molecule has 0 fully saturated rings. The molecule has 1 atom stereocenters. The van der Waals surface area contributed by atoms with Crippen molar-refractivity contribution in [1.29, 1.82) is 0 Å². The molecule has 0 aliphatic rings. The SMILES string of the molecule is C#CCOC(C(=O)Nc1cc(C)ccc1-c1ccc(OC)c(OC)c1)c1ccc(C)cc1. The number of aryl methyl sites for hydroxylation is 2. The van der Waals surface area contributed by atoms with Crippen LogP contribution >= 0.6 is 0 Å². The van der Waals surface area contributed by atoms with Gasteiger partial charge in [0.25, 0.3) is 5.91 Å². The maximum atomic E-state index is 13.3. The van der Waals surface area contributed by atoms with Gasteiger partial charge in [-0.05, 0) is 48.7 Å². The largest absolute Gasteiger partial charge is 0.493 e. The van der Waals surface area contributed by atoms with Gasteiger partial charge in [0.1, 0.15) is 6.61 Å². The predicted molar refractivity (Wildman–Crippen MR) is 127 cm³/mol. The minimum atomic E-state index is -0.828. The van der Waals surface area contributed by atoms with Crippen LogP contribution in [0.1, 0.15) is 22.8 Å². The van der Waals surface area contributed by atoms with Crippen LogP contribution in [0.25, 0.3) is 11.1 Å². The van der Waals surface area contributed by atoms with E-state index in [0.29, 0.717) is 17.2 Å². The fraction of sp³-hybridized carbons (Fsp3) is 0.222. The standard InChI is InChI=1S/C27H27NO4/c1-6-15-32-26(20-10-7-18(2)8-11-20)27(29)28-23-16-19(3)9-13-22(23)21-12-14-24(30-4)25(17-21)31-5/h1,7-14,16-17,26H,15H2,2-5H3,(H,28,29). The molecule has 0 aliphatic carbocycles. The molecule has 1 amide bonds. The Hall–Kier alpha value is -3.75. The Labute approximate surface area is 189 Å². The number of methoxy groups -OCH3 is 2. The van der Waals surface area contributed by atoms with E-state index in [1.165, 1.54) is 0 Å². The van der Waals surface area contributed by atoms with Crippen molar-refractivity contribution in [2.75, 3.05) is 26.1 Å². The number of nitrogens with one attached hydrogen (secondary N) is 1. The number of terminal acetylenes is 1. The van der Waals surface area contributed by atoms with E-state index in [0.717, 1.165) is 27.8 Å². The fourth-order valence-corrected chi connectivity index (χ4v) is 3.41. The molecule has 0 aromatic heterocycles. The molecule has 1 N–H and O–H groups in total. The Morgan fingerprint density at radius 2 is 1.62 bits per heavy atom. The normalized spacial score (nSPS) is 11.3. The van der Waals surface area contributed by atoms with Crippen LogP contribution in [0.4, 0.5) is 5.69 Å². The van der Waals surface area contributed by atoms with E-state index in [9.17, 15) is 4.79 Å². The van der Waals surface area contributed by atoms with Crippen LogP contribution in [0.15, 0.2) is 60.7 Å². The van der Waals surface area contributed by atoms with Gasteiger partial charge < -0.3 is 19.5 Å². The molecule has 32 heavy (non-hydrogen) atoms. The highest BCUT2D eigenvalue weighted by atomic mass is 16.5. The Kier molecular flexibility index (Phi) is 7.54. The second-order valence-electron chi connectivity index (χ2n) is 7.41. The second-order valence-corrected chi connectivity index (χ2v) is 7.41. The summed E-state index contributed by atoms with van der Waals surface area (Å²) in [6, 6.07) is 19.2. The van der Waals surface area contributed by atoms with Gasteiger partial charge in [0.2, 0.25) is 0 Å². The van der Waals surface area contributed by atoms with Crippen LogP contribution < -0.4 is 14.8 Å². The summed E-state index contributed by atoms with van der Waals surface area (Å²) >= 11 is 0. The van der Waals surface area contributed by atoms with Crippen molar-refractivity contribution in [3.8, 4) is 35.0 Å². The molecule has 1 unspecified atom stereocenters. The Morgan fingerprint density at radius 3 is 2.28 bits per heavy atom. The third-order valence-corrected chi connectivity index (χ3v) is 5.08. The number of carbonyl (C=O) groups excluding carboxylic acids is 1. The van der Waals surface area contributed by atoms with Gasteiger partial charge in [-0.25, -0.2) is 0 Å². The van der Waals surface area contributed by atoms with Crippen molar-refractivity contribution < 1.29 is 19.0 Å². The zero-order valence-corrected chi connectivity index (χ0v) is 18.8. The summed E-state index contributed by atoms with van der Waals surface area (Å²) in [4.78, 5) is 13.3. The summed E-state index contributed by atoms with van der Waals surface area (Å²) in [5.74, 6) is 3.39. The maximum Gasteiger partial charge on any atom is 0.258 e. The molecule has 0 saturated heterocycles. The quantitative estimate of drug-likeness (QED) is 0.493. The van der Waals surface area contributed by atoms with Crippen LogP contribution in [-0.2, 0) is 9.53 Å². The number of hydrogen-bond donors (Lipinski definition) is 1. The Balaban J connectivity index is 1.97. The van der Waals surface area contributed by atoms with Gasteiger partial charge in [-0.3, -0.25) is 4.79 Å². The van der Waals surface area contributed by atoms with E-state index < -0.39 is 6.10 Å². The average molecular weight is 430 g/mol. The summed E-state index contributed by atoms with van der Waals surface area (Å²) < 4.78 is 16.5. The number of ether oxygens (including phenoxy) is 3. The number of rotatable bonds is 8. The number of amides is 1. The van der Waals surface area contributed by atoms with E-state index >= 15 is 0 Å². The lowest BCUT2D eigenvalue weighted by Gasteiger charge is -2.19. The molecule has 3 rings (SSSR count). The van der Waals surface area contributed by atoms with Crippen LogP contribution in [-0.4, -0.2) is 26.7 Å². The zero-order valence-electron chi connectivity index (χ0n) is 18.8. The van der Waals surface area contributed by atoms with Crippen molar-refractivity contribution in [3.05, 3.63) is 77.4 Å². The van der Waals surface area contributed by atoms with Crippen molar-refractivity contribution >= 4 is 11.6 Å². The van der Waals surface area contributed by atoms with Crippen molar-refractivity contribution in [3.63, 3.8) is 0 Å². The van der Waals surface area contributed by atoms with Crippen LogP contribution in [0.2, 0.25) is 0 Å². The van der Waals surface area contributed by atoms with Crippen LogP contribution in [0.5, 0.6) is 11.5 Å². The smallest absolute Gasteiger partial charge is 0.258 e. The monoisotopic (exact) mass is 429 g/mol. The maximum absolute atomic E-state index is 13.3. The number of anilines is 1. The fourth-order valence-electron chi connectivity index (χ4n) is 3.41. The molecule has 3 aromatic rings. The van der Waals surface area contributed by atoms with Gasteiger partial charge in [-0.2, -0.15) is 0 Å². The summed E-state index contributed by atoms with van der Waals surface area (Å²) in [6.07, 6.45) is 4.55. The van der Waals surface area contributed by atoms with E-state index in [4.69, 9.17) is 20.6 Å². The van der Waals surface area contributed by atoms with Gasteiger partial charge in [0, 0.05) is 11.3 Å². The highest BCUT2D eigenvalue weighted by molar-refractivity contribution is 5.98. The minimum Gasteiger partial charge on any atom is -0.493 e. The van der Waals surface area contributed by atoms with Crippen LogP contribution in [0.3, 0.4) is 0 Å². The molecule has 0 bridgehead atoms. The van der Waals surface area contributed by atoms with E-state index in [1.807, 2.05) is 74.5 Å². The lowest BCUT2D eigenvalue weighted by Crippen LogP contribution is -2.24. The molecule has 5 heteroatoms. The van der Waals surface area contributed by atoms with Gasteiger partial charge in [-0.15, -0.1) is 6.42 Å². The van der Waals surface area contributed by atoms with E-state index in [1.54, 1.807) is 14.2 Å². The first-order chi connectivity index (χ1) is 15.5. The first-order valence-electron chi connectivity index (χ1n) is 10.2. The predicted octanol–water partition coefficient (Wildman–Crippen LogP) is 5.32. The Morgan fingerprint density at radius 1 is 0.938 bits per heavy atom. The Bertz CT molecular complexity index is 1130. The molecule has 0 radical (unpaired) electrons. The van der Waals surface area contributed by atoms with Gasteiger partial charge in [-0.1, -0.05) is 53.9 Å². The molecule has 0 spiro atoms. The highest BCUT2D eigenvalue weighted by Crippen LogP contribution is 2.36. The first-order valence-corrected chi connectivity index (χ1v) is 10.2. The minimum absolute atomic E-state index is 0.0301.